The fraction of sp³-hybridized carbons (Fsp3) is 0.133. The van der Waals surface area contributed by atoms with Crippen LogP contribution in [0.25, 0.3) is 0 Å². The molecule has 0 radical (unpaired) electrons. The van der Waals surface area contributed by atoms with Crippen molar-refractivity contribution < 1.29 is 18.7 Å². The number of nitrogens with one attached hydrogen (secondary N) is 1. The van der Waals surface area contributed by atoms with Gasteiger partial charge in [0.15, 0.2) is 0 Å². The Labute approximate surface area is 135 Å². The zero-order chi connectivity index (χ0) is 16.4. The molecule has 0 aliphatic carbocycles. The molecule has 0 fully saturated rings. The maximum Gasteiger partial charge on any atom is 0.265 e. The van der Waals surface area contributed by atoms with Gasteiger partial charge in [0, 0.05) is 18.8 Å². The van der Waals surface area contributed by atoms with Gasteiger partial charge in [0.05, 0.1) is 15.9 Å². The number of rotatable bonds is 4. The largest absolute Gasteiger partial charge is 0.748 e. The van der Waals surface area contributed by atoms with Crippen LogP contribution in [0.5, 0.6) is 0 Å². The normalized spacial score (nSPS) is 10.3. The summed E-state index contributed by atoms with van der Waals surface area (Å²) in [6, 6.07) is 18.5. The molecule has 118 valence electrons. The van der Waals surface area contributed by atoms with Gasteiger partial charge in [0.25, 0.3) is 5.11 Å². The van der Waals surface area contributed by atoms with Gasteiger partial charge in [-0.25, -0.2) is 8.42 Å². The van der Waals surface area contributed by atoms with E-state index in [1.165, 1.54) is 5.56 Å². The second-order valence-corrected chi connectivity index (χ2v) is 6.35. The molecule has 2 rings (SSSR count). The van der Waals surface area contributed by atoms with E-state index in [2.05, 4.69) is 11.1 Å². The third kappa shape index (κ3) is 9.19. The first kappa shape index (κ1) is 18.2. The Bertz CT molecular complexity index is 674. The Morgan fingerprint density at radius 2 is 1.45 bits per heavy atom. The van der Waals surface area contributed by atoms with Gasteiger partial charge in [-0.1, -0.05) is 60.7 Å². The Balaban J connectivity index is 0.000000220. The maximum atomic E-state index is 10.2. The monoisotopic (exact) mass is 338 g/mol. The molecular formula is C15H18N2O3S2. The van der Waals surface area contributed by atoms with Crippen LogP contribution in [-0.4, -0.2) is 18.1 Å². The molecule has 0 saturated heterocycles. The van der Waals surface area contributed by atoms with Crippen LogP contribution >= 0.6 is 12.2 Å². The van der Waals surface area contributed by atoms with Crippen molar-refractivity contribution in [3.8, 4) is 0 Å². The molecular weight excluding hydrogens is 320 g/mol. The van der Waals surface area contributed by atoms with Gasteiger partial charge in [-0.2, -0.15) is 0 Å². The van der Waals surface area contributed by atoms with Gasteiger partial charge in [-0.05, 0) is 11.1 Å². The molecule has 5 nitrogen and oxygen atoms in total. The molecule has 0 aromatic heterocycles. The highest BCUT2D eigenvalue weighted by Gasteiger charge is 1.96. The molecule has 0 unspecified atom stereocenters. The highest BCUT2D eigenvalue weighted by Crippen LogP contribution is 2.02. The number of hydrogen-bond acceptors (Lipinski definition) is 4. The lowest BCUT2D eigenvalue weighted by molar-refractivity contribution is -0.215. The van der Waals surface area contributed by atoms with Crippen molar-refractivity contribution in [2.24, 2.45) is 0 Å². The fourth-order valence-electron chi connectivity index (χ4n) is 1.57. The van der Waals surface area contributed by atoms with E-state index in [9.17, 15) is 13.0 Å². The van der Waals surface area contributed by atoms with E-state index < -0.39 is 15.9 Å². The Hall–Kier alpha value is -1.80. The number of quaternary nitrogens is 1. The van der Waals surface area contributed by atoms with Crippen LogP contribution in [0.1, 0.15) is 11.1 Å². The summed E-state index contributed by atoms with van der Waals surface area (Å²) in [7, 11) is -4.13. The van der Waals surface area contributed by atoms with Crippen LogP contribution in [0.3, 0.4) is 0 Å². The molecule has 0 heterocycles. The first-order valence-corrected chi connectivity index (χ1v) is 8.46. The molecule has 4 N–H and O–H groups in total. The van der Waals surface area contributed by atoms with E-state index in [0.29, 0.717) is 10.7 Å². The molecule has 0 amide bonds. The van der Waals surface area contributed by atoms with Crippen LogP contribution in [0.4, 0.5) is 0 Å². The van der Waals surface area contributed by atoms with Crippen molar-refractivity contribution in [2.75, 3.05) is 0 Å². The molecule has 0 saturated carbocycles. The minimum absolute atomic E-state index is 0.423. The summed E-state index contributed by atoms with van der Waals surface area (Å²) in [6.45, 7) is 0.767. The fourth-order valence-corrected chi connectivity index (χ4v) is 2.25. The molecule has 0 spiro atoms. The molecule has 2 aromatic rings. The van der Waals surface area contributed by atoms with Crippen LogP contribution < -0.4 is 11.1 Å². The third-order valence-electron chi connectivity index (χ3n) is 2.52. The lowest BCUT2D eigenvalue weighted by Crippen LogP contribution is -2.62. The number of thiocarbonyl (C=S) groups is 1. The van der Waals surface area contributed by atoms with E-state index in [1.54, 1.807) is 30.3 Å². The predicted octanol–water partition coefficient (Wildman–Crippen LogP) is 1.03. The van der Waals surface area contributed by atoms with Gasteiger partial charge >= 0.3 is 0 Å². The van der Waals surface area contributed by atoms with Crippen molar-refractivity contribution in [1.29, 1.82) is 0 Å². The summed E-state index contributed by atoms with van der Waals surface area (Å²) in [5, 5.41) is 3.57. The quantitative estimate of drug-likeness (QED) is 0.641. The van der Waals surface area contributed by atoms with E-state index in [-0.39, 0.29) is 0 Å². The minimum atomic E-state index is -4.13. The van der Waals surface area contributed by atoms with Crippen molar-refractivity contribution in [3.05, 3.63) is 71.8 Å². The van der Waals surface area contributed by atoms with Crippen molar-refractivity contribution >= 4 is 27.4 Å². The number of hydrogen-bond donors (Lipinski definition) is 2. The zero-order valence-corrected chi connectivity index (χ0v) is 13.6. The summed E-state index contributed by atoms with van der Waals surface area (Å²) in [5.41, 5.74) is 5.32. The SMILES string of the molecule is O=S(=O)([O-])Cc1ccccc1.[NH3+]C(=S)NCc1ccccc1. The van der Waals surface area contributed by atoms with Crippen molar-refractivity contribution in [2.45, 2.75) is 12.3 Å². The predicted molar refractivity (Wildman–Crippen MR) is 88.6 cm³/mol. The van der Waals surface area contributed by atoms with Crippen LogP contribution in [0.15, 0.2) is 60.7 Å². The van der Waals surface area contributed by atoms with Crippen molar-refractivity contribution in [3.63, 3.8) is 0 Å². The van der Waals surface area contributed by atoms with Crippen molar-refractivity contribution in [1.82, 2.24) is 5.32 Å². The van der Waals surface area contributed by atoms with Gasteiger partial charge < -0.3 is 15.6 Å². The van der Waals surface area contributed by atoms with Crippen LogP contribution in [0, 0.1) is 0 Å². The first-order chi connectivity index (χ1) is 10.4. The zero-order valence-electron chi connectivity index (χ0n) is 11.9. The third-order valence-corrected chi connectivity index (χ3v) is 3.35. The standard InChI is InChI=1S/C8H10N2S.C7H8O3S/c9-8(11)10-6-7-4-2-1-3-5-7;8-11(9,10)6-7-4-2-1-3-5-7/h1-5H,6H2,(H3,9,10,11);1-5H,6H2,(H,8,9,10). The lowest BCUT2D eigenvalue weighted by atomic mass is 10.2. The summed E-state index contributed by atoms with van der Waals surface area (Å²) in [5.74, 6) is -0.423. The summed E-state index contributed by atoms with van der Waals surface area (Å²) in [4.78, 5) is 0. The Kier molecular flexibility index (Phi) is 7.69. The minimum Gasteiger partial charge on any atom is -0.748 e. The molecule has 0 atom stereocenters. The van der Waals surface area contributed by atoms with Crippen LogP contribution in [0.2, 0.25) is 0 Å². The first-order valence-electron chi connectivity index (χ1n) is 6.48. The highest BCUT2D eigenvalue weighted by atomic mass is 32.2. The van der Waals surface area contributed by atoms with E-state index >= 15 is 0 Å². The van der Waals surface area contributed by atoms with E-state index in [0.717, 1.165) is 6.54 Å². The lowest BCUT2D eigenvalue weighted by Gasteiger charge is -2.05. The molecule has 22 heavy (non-hydrogen) atoms. The Morgan fingerprint density at radius 1 is 1.00 bits per heavy atom. The topological polar surface area (TPSA) is 96.9 Å². The van der Waals surface area contributed by atoms with E-state index in [4.69, 9.17) is 12.2 Å². The summed E-state index contributed by atoms with van der Waals surface area (Å²) < 4.78 is 30.7. The van der Waals surface area contributed by atoms with Gasteiger partial charge in [0.1, 0.15) is 0 Å². The highest BCUT2D eigenvalue weighted by molar-refractivity contribution is 7.84. The van der Waals surface area contributed by atoms with Gasteiger partial charge in [0.2, 0.25) is 0 Å². The molecule has 7 heteroatoms. The average Bonchev–Trinajstić information content (AvgIpc) is 2.46. The Morgan fingerprint density at radius 3 is 1.86 bits per heavy atom. The maximum absolute atomic E-state index is 10.2. The van der Waals surface area contributed by atoms with E-state index in [1.807, 2.05) is 30.3 Å². The summed E-state index contributed by atoms with van der Waals surface area (Å²) >= 11 is 4.77. The average molecular weight is 338 g/mol. The number of benzene rings is 2. The van der Waals surface area contributed by atoms with Gasteiger partial charge in [-0.15, -0.1) is 0 Å². The smallest absolute Gasteiger partial charge is 0.265 e. The van der Waals surface area contributed by atoms with Crippen LogP contribution in [-0.2, 0) is 22.4 Å². The summed E-state index contributed by atoms with van der Waals surface area (Å²) in [6.07, 6.45) is 0. The second-order valence-electron chi connectivity index (χ2n) is 4.45. The molecule has 2 aromatic carbocycles. The second kappa shape index (κ2) is 9.26. The molecule has 0 aliphatic heterocycles. The molecule has 0 aliphatic rings. The molecule has 0 bridgehead atoms. The van der Waals surface area contributed by atoms with Gasteiger partial charge in [-0.3, -0.25) is 0 Å².